The highest BCUT2D eigenvalue weighted by molar-refractivity contribution is 7.89. The number of ether oxygens (including phenoxy) is 1. The zero-order valence-corrected chi connectivity index (χ0v) is 19.9. The van der Waals surface area contributed by atoms with Gasteiger partial charge in [0.1, 0.15) is 5.75 Å². The summed E-state index contributed by atoms with van der Waals surface area (Å²) < 4.78 is 32.5. The molecule has 32 heavy (non-hydrogen) atoms. The van der Waals surface area contributed by atoms with Crippen LogP contribution >= 0.6 is 11.6 Å². The minimum atomic E-state index is -3.46. The SMILES string of the molecule is CCCCOc1ccc(C(=O)NCCS(=O)(=O)N2CCN(c3ccccc3Cl)CC2)cc1. The molecular weight excluding hydrogens is 450 g/mol. The van der Waals surface area contributed by atoms with Crippen LogP contribution in [0.3, 0.4) is 0 Å². The molecule has 1 aliphatic heterocycles. The number of carbonyl (C=O) groups is 1. The van der Waals surface area contributed by atoms with Gasteiger partial charge in [0.2, 0.25) is 10.0 Å². The van der Waals surface area contributed by atoms with Crippen LogP contribution in [0.2, 0.25) is 5.02 Å². The smallest absolute Gasteiger partial charge is 0.251 e. The Labute approximate surface area is 195 Å². The van der Waals surface area contributed by atoms with Crippen molar-refractivity contribution in [2.45, 2.75) is 19.8 Å². The van der Waals surface area contributed by atoms with E-state index in [4.69, 9.17) is 16.3 Å². The molecule has 0 saturated carbocycles. The predicted molar refractivity (Wildman–Crippen MR) is 128 cm³/mol. The number of carbonyl (C=O) groups excluding carboxylic acids is 1. The van der Waals surface area contributed by atoms with Crippen molar-refractivity contribution in [3.63, 3.8) is 0 Å². The molecule has 1 saturated heterocycles. The molecule has 0 bridgehead atoms. The summed E-state index contributed by atoms with van der Waals surface area (Å²) in [7, 11) is -3.46. The van der Waals surface area contributed by atoms with Gasteiger partial charge in [0, 0.05) is 38.3 Å². The first-order chi connectivity index (χ1) is 15.4. The second kappa shape index (κ2) is 11.5. The molecule has 3 rings (SSSR count). The van der Waals surface area contributed by atoms with Crippen LogP contribution in [0.1, 0.15) is 30.1 Å². The van der Waals surface area contributed by atoms with Crippen LogP contribution in [0.15, 0.2) is 48.5 Å². The number of rotatable bonds is 10. The van der Waals surface area contributed by atoms with E-state index in [0.29, 0.717) is 49.1 Å². The maximum atomic E-state index is 12.7. The zero-order valence-electron chi connectivity index (χ0n) is 18.3. The molecule has 7 nitrogen and oxygen atoms in total. The first kappa shape index (κ1) is 24.4. The van der Waals surface area contributed by atoms with Crippen molar-refractivity contribution in [2.75, 3.05) is 50.0 Å². The van der Waals surface area contributed by atoms with E-state index < -0.39 is 10.0 Å². The van der Waals surface area contributed by atoms with Crippen molar-refractivity contribution in [1.82, 2.24) is 9.62 Å². The number of benzene rings is 2. The lowest BCUT2D eigenvalue weighted by molar-refractivity contribution is 0.0956. The Bertz CT molecular complexity index is 991. The molecule has 0 radical (unpaired) electrons. The molecular formula is C23H30ClN3O4S. The van der Waals surface area contributed by atoms with Gasteiger partial charge in [-0.3, -0.25) is 4.79 Å². The summed E-state index contributed by atoms with van der Waals surface area (Å²) in [6, 6.07) is 14.4. The number of nitrogens with one attached hydrogen (secondary N) is 1. The average molecular weight is 480 g/mol. The fourth-order valence-electron chi connectivity index (χ4n) is 3.48. The number of hydrogen-bond donors (Lipinski definition) is 1. The van der Waals surface area contributed by atoms with Gasteiger partial charge in [-0.1, -0.05) is 37.1 Å². The monoisotopic (exact) mass is 479 g/mol. The molecule has 2 aromatic rings. The first-order valence-electron chi connectivity index (χ1n) is 10.9. The Morgan fingerprint density at radius 1 is 1.06 bits per heavy atom. The van der Waals surface area contributed by atoms with Crippen molar-refractivity contribution in [3.8, 4) is 5.75 Å². The number of para-hydroxylation sites is 1. The van der Waals surface area contributed by atoms with Gasteiger partial charge in [-0.25, -0.2) is 8.42 Å². The number of halogens is 1. The molecule has 0 unspecified atom stereocenters. The Morgan fingerprint density at radius 3 is 2.41 bits per heavy atom. The fraction of sp³-hybridized carbons (Fsp3) is 0.435. The van der Waals surface area contributed by atoms with Gasteiger partial charge in [-0.15, -0.1) is 0 Å². The number of anilines is 1. The number of piperazine rings is 1. The second-order valence-electron chi connectivity index (χ2n) is 7.64. The van der Waals surface area contributed by atoms with Crippen molar-refractivity contribution in [1.29, 1.82) is 0 Å². The maximum absolute atomic E-state index is 12.7. The highest BCUT2D eigenvalue weighted by atomic mass is 35.5. The Hall–Kier alpha value is -2.29. The van der Waals surface area contributed by atoms with Crippen molar-refractivity contribution < 1.29 is 17.9 Å². The standard InChI is InChI=1S/C23H30ClN3O4S/c1-2-3-17-31-20-10-8-19(9-11-20)23(28)25-12-18-32(29,30)27-15-13-26(14-16-27)22-7-5-4-6-21(22)24/h4-11H,2-3,12-18H2,1H3,(H,25,28). The summed E-state index contributed by atoms with van der Waals surface area (Å²) in [6.07, 6.45) is 2.03. The molecule has 0 aliphatic carbocycles. The minimum absolute atomic E-state index is 0.0562. The predicted octanol–water partition coefficient (Wildman–Crippen LogP) is 3.40. The lowest BCUT2D eigenvalue weighted by Crippen LogP contribution is -2.50. The van der Waals surface area contributed by atoms with E-state index in [9.17, 15) is 13.2 Å². The lowest BCUT2D eigenvalue weighted by atomic mass is 10.2. The van der Waals surface area contributed by atoms with Crippen LogP contribution in [0.25, 0.3) is 0 Å². The molecule has 0 atom stereocenters. The van der Waals surface area contributed by atoms with E-state index in [-0.39, 0.29) is 18.2 Å². The Kier molecular flexibility index (Phi) is 8.78. The average Bonchev–Trinajstić information content (AvgIpc) is 2.80. The Morgan fingerprint density at radius 2 is 1.75 bits per heavy atom. The zero-order chi connectivity index (χ0) is 23.0. The quantitative estimate of drug-likeness (QED) is 0.528. The summed E-state index contributed by atoms with van der Waals surface area (Å²) in [5.41, 5.74) is 1.39. The van der Waals surface area contributed by atoms with Gasteiger partial charge in [-0.2, -0.15) is 4.31 Å². The number of unbranched alkanes of at least 4 members (excludes halogenated alkanes) is 1. The topological polar surface area (TPSA) is 78.9 Å². The van der Waals surface area contributed by atoms with E-state index in [0.717, 1.165) is 18.5 Å². The van der Waals surface area contributed by atoms with Gasteiger partial charge < -0.3 is 15.0 Å². The van der Waals surface area contributed by atoms with E-state index >= 15 is 0 Å². The molecule has 1 heterocycles. The summed E-state index contributed by atoms with van der Waals surface area (Å²) >= 11 is 6.25. The molecule has 1 N–H and O–H groups in total. The normalized spacial score (nSPS) is 14.9. The molecule has 1 fully saturated rings. The third-order valence-electron chi connectivity index (χ3n) is 5.35. The maximum Gasteiger partial charge on any atom is 0.251 e. The fourth-order valence-corrected chi connectivity index (χ4v) is 5.07. The van der Waals surface area contributed by atoms with Crippen LogP contribution < -0.4 is 15.0 Å². The van der Waals surface area contributed by atoms with Gasteiger partial charge in [-0.05, 0) is 42.8 Å². The molecule has 0 spiro atoms. The van der Waals surface area contributed by atoms with Crippen molar-refractivity contribution in [3.05, 3.63) is 59.1 Å². The van der Waals surface area contributed by atoms with Crippen LogP contribution in [0, 0.1) is 0 Å². The van der Waals surface area contributed by atoms with Gasteiger partial charge in [0.05, 0.1) is 23.1 Å². The molecule has 174 valence electrons. The largest absolute Gasteiger partial charge is 0.494 e. The summed E-state index contributed by atoms with van der Waals surface area (Å²) in [5.74, 6) is 0.278. The Balaban J connectivity index is 1.44. The van der Waals surface area contributed by atoms with E-state index in [1.807, 2.05) is 24.3 Å². The van der Waals surface area contributed by atoms with E-state index in [1.54, 1.807) is 24.3 Å². The molecule has 1 amide bonds. The number of sulfonamides is 1. The van der Waals surface area contributed by atoms with Crippen LogP contribution in [-0.2, 0) is 10.0 Å². The first-order valence-corrected chi connectivity index (χ1v) is 12.9. The molecule has 1 aliphatic rings. The third kappa shape index (κ3) is 6.60. The number of nitrogens with zero attached hydrogens (tertiary/aromatic N) is 2. The highest BCUT2D eigenvalue weighted by Crippen LogP contribution is 2.26. The lowest BCUT2D eigenvalue weighted by Gasteiger charge is -2.35. The number of hydrogen-bond acceptors (Lipinski definition) is 5. The van der Waals surface area contributed by atoms with Gasteiger partial charge >= 0.3 is 0 Å². The van der Waals surface area contributed by atoms with E-state index in [1.165, 1.54) is 4.31 Å². The highest BCUT2D eigenvalue weighted by Gasteiger charge is 2.27. The summed E-state index contributed by atoms with van der Waals surface area (Å²) in [5, 5.41) is 3.35. The molecule has 0 aromatic heterocycles. The molecule has 2 aromatic carbocycles. The second-order valence-corrected chi connectivity index (χ2v) is 10.1. The van der Waals surface area contributed by atoms with E-state index in [2.05, 4.69) is 17.1 Å². The number of amides is 1. The summed E-state index contributed by atoms with van der Waals surface area (Å²) in [6.45, 7) is 4.72. The molecule has 9 heteroatoms. The van der Waals surface area contributed by atoms with Crippen LogP contribution in [0.4, 0.5) is 5.69 Å². The van der Waals surface area contributed by atoms with Crippen molar-refractivity contribution >= 4 is 33.2 Å². The third-order valence-corrected chi connectivity index (χ3v) is 7.55. The van der Waals surface area contributed by atoms with Gasteiger partial charge in [0.25, 0.3) is 5.91 Å². The van der Waals surface area contributed by atoms with Crippen LogP contribution in [-0.4, -0.2) is 63.7 Å². The van der Waals surface area contributed by atoms with Gasteiger partial charge in [0.15, 0.2) is 0 Å². The van der Waals surface area contributed by atoms with Crippen LogP contribution in [0.5, 0.6) is 5.75 Å². The van der Waals surface area contributed by atoms with Crippen molar-refractivity contribution in [2.24, 2.45) is 0 Å². The minimum Gasteiger partial charge on any atom is -0.494 e. The summed E-state index contributed by atoms with van der Waals surface area (Å²) in [4.78, 5) is 14.4.